The monoisotopic (exact) mass is 504 g/mol. The minimum absolute atomic E-state index is 0.0166. The predicted octanol–water partition coefficient (Wildman–Crippen LogP) is 5.33. The molecule has 0 amide bonds. The average Bonchev–Trinajstić information content (AvgIpc) is 2.86. The molecular weight excluding hydrogens is 464 g/mol. The van der Waals surface area contributed by atoms with Crippen molar-refractivity contribution in [2.75, 3.05) is 19.8 Å². The summed E-state index contributed by atoms with van der Waals surface area (Å²) in [6.45, 7) is 13.3. The van der Waals surface area contributed by atoms with Gasteiger partial charge >= 0.3 is 5.97 Å². The summed E-state index contributed by atoms with van der Waals surface area (Å²) in [5.41, 5.74) is 1.68. The van der Waals surface area contributed by atoms with Crippen molar-refractivity contribution in [2.24, 2.45) is 5.92 Å². The average molecular weight is 505 g/mol. The largest absolute Gasteiger partial charge is 0.462 e. The van der Waals surface area contributed by atoms with Crippen LogP contribution in [0.4, 0.5) is 0 Å². The Kier molecular flexibility index (Phi) is 8.93. The number of ether oxygens (including phenoxy) is 1. The molecule has 0 aromatic heterocycles. The van der Waals surface area contributed by atoms with Gasteiger partial charge in [0.15, 0.2) is 0 Å². The van der Waals surface area contributed by atoms with Gasteiger partial charge in [-0.05, 0) is 38.5 Å². The van der Waals surface area contributed by atoms with Crippen LogP contribution in [0, 0.1) is 5.92 Å². The van der Waals surface area contributed by atoms with Crippen molar-refractivity contribution in [3.8, 4) is 0 Å². The summed E-state index contributed by atoms with van der Waals surface area (Å²) < 4.78 is 12.5. The highest BCUT2D eigenvalue weighted by molar-refractivity contribution is 6.99. The number of aliphatic hydroxyl groups excluding tert-OH is 1. The third kappa shape index (κ3) is 6.33. The molecule has 3 aromatic rings. The van der Waals surface area contributed by atoms with Crippen LogP contribution in [-0.4, -0.2) is 39.2 Å². The highest BCUT2D eigenvalue weighted by Crippen LogP contribution is 2.37. The molecule has 0 bridgehead atoms. The van der Waals surface area contributed by atoms with Crippen LogP contribution in [0.15, 0.2) is 84.9 Å². The van der Waals surface area contributed by atoms with E-state index in [-0.39, 0.29) is 35.6 Å². The Bertz CT molecular complexity index is 1060. The summed E-state index contributed by atoms with van der Waals surface area (Å²) in [6, 6.07) is 28.3. The van der Waals surface area contributed by atoms with E-state index in [0.717, 1.165) is 5.56 Å². The van der Waals surface area contributed by atoms with Crippen LogP contribution in [0.1, 0.15) is 57.5 Å². The van der Waals surface area contributed by atoms with Gasteiger partial charge in [-0.15, -0.1) is 0 Å². The second-order valence-corrected chi connectivity index (χ2v) is 15.8. The molecule has 5 heteroatoms. The molecule has 0 radical (unpaired) electrons. The summed E-state index contributed by atoms with van der Waals surface area (Å²) in [5.74, 6) is -0.719. The summed E-state index contributed by atoms with van der Waals surface area (Å²) >= 11 is 0. The normalized spacial score (nSPS) is 13.3. The molecule has 0 saturated heterocycles. The lowest BCUT2D eigenvalue weighted by molar-refractivity contribution is 0.0316. The molecule has 0 fully saturated rings. The fourth-order valence-electron chi connectivity index (χ4n) is 4.54. The zero-order valence-electron chi connectivity index (χ0n) is 22.5. The molecule has 3 rings (SSSR count). The minimum Gasteiger partial charge on any atom is -0.462 e. The maximum atomic E-state index is 12.7. The van der Waals surface area contributed by atoms with Gasteiger partial charge in [0.2, 0.25) is 0 Å². The Morgan fingerprint density at radius 2 is 1.28 bits per heavy atom. The lowest BCUT2D eigenvalue weighted by Crippen LogP contribution is -2.67. The number of carbonyl (C=O) groups is 1. The Hall–Kier alpha value is -2.73. The van der Waals surface area contributed by atoms with Crippen LogP contribution >= 0.6 is 0 Å². The van der Waals surface area contributed by atoms with Gasteiger partial charge in [-0.3, -0.25) is 0 Å². The second kappa shape index (κ2) is 11.5. The van der Waals surface area contributed by atoms with Crippen molar-refractivity contribution in [3.05, 3.63) is 96.1 Å². The van der Waals surface area contributed by atoms with Gasteiger partial charge in [0.25, 0.3) is 8.32 Å². The van der Waals surface area contributed by atoms with Crippen molar-refractivity contribution in [2.45, 2.75) is 52.0 Å². The van der Waals surface area contributed by atoms with Gasteiger partial charge in [0.1, 0.15) is 0 Å². The fraction of sp³-hybridized carbons (Fsp3) is 0.387. The molecule has 0 spiro atoms. The third-order valence-corrected chi connectivity index (χ3v) is 11.7. The van der Waals surface area contributed by atoms with Crippen LogP contribution in [0.25, 0.3) is 0 Å². The molecule has 192 valence electrons. The highest BCUT2D eigenvalue weighted by atomic mass is 28.4. The van der Waals surface area contributed by atoms with Gasteiger partial charge in [-0.25, -0.2) is 4.79 Å². The number of hydrogen-bond donors (Lipinski definition) is 1. The molecule has 0 aliphatic carbocycles. The molecule has 3 aromatic carbocycles. The Morgan fingerprint density at radius 3 is 1.69 bits per heavy atom. The van der Waals surface area contributed by atoms with E-state index in [9.17, 15) is 9.90 Å². The minimum atomic E-state index is -2.72. The quantitative estimate of drug-likeness (QED) is 0.316. The van der Waals surface area contributed by atoms with Gasteiger partial charge in [-0.1, -0.05) is 114 Å². The second-order valence-electron chi connectivity index (χ2n) is 11.4. The van der Waals surface area contributed by atoms with E-state index in [1.165, 1.54) is 10.4 Å². The summed E-state index contributed by atoms with van der Waals surface area (Å²) in [6.07, 6.45) is 0. The van der Waals surface area contributed by atoms with Gasteiger partial charge in [0, 0.05) is 12.5 Å². The topological polar surface area (TPSA) is 55.8 Å². The number of benzene rings is 3. The van der Waals surface area contributed by atoms with Crippen molar-refractivity contribution in [1.29, 1.82) is 0 Å². The van der Waals surface area contributed by atoms with E-state index >= 15 is 0 Å². The molecule has 4 nitrogen and oxygen atoms in total. The van der Waals surface area contributed by atoms with Crippen LogP contribution < -0.4 is 10.4 Å². The first-order valence-corrected chi connectivity index (χ1v) is 14.5. The summed E-state index contributed by atoms with van der Waals surface area (Å²) in [4.78, 5) is 12.7. The van der Waals surface area contributed by atoms with Crippen LogP contribution in [0.2, 0.25) is 5.04 Å². The van der Waals surface area contributed by atoms with E-state index in [0.29, 0.717) is 12.2 Å². The first kappa shape index (κ1) is 27.8. The summed E-state index contributed by atoms with van der Waals surface area (Å²) in [5, 5.41) is 12.3. The molecule has 1 atom stereocenters. The molecule has 0 saturated carbocycles. The van der Waals surface area contributed by atoms with Gasteiger partial charge in [-0.2, -0.15) is 0 Å². The van der Waals surface area contributed by atoms with Crippen molar-refractivity contribution in [1.82, 2.24) is 0 Å². The van der Waals surface area contributed by atoms with Crippen LogP contribution in [0.5, 0.6) is 0 Å². The maximum Gasteiger partial charge on any atom is 0.338 e. The number of aliphatic hydroxyl groups is 1. The zero-order valence-corrected chi connectivity index (χ0v) is 23.5. The first-order chi connectivity index (χ1) is 17.0. The van der Waals surface area contributed by atoms with Crippen molar-refractivity contribution >= 4 is 24.7 Å². The highest BCUT2D eigenvalue weighted by Gasteiger charge is 2.50. The Balaban J connectivity index is 1.78. The smallest absolute Gasteiger partial charge is 0.338 e. The van der Waals surface area contributed by atoms with Gasteiger partial charge in [0.05, 0.1) is 18.8 Å². The lowest BCUT2D eigenvalue weighted by atomic mass is 9.87. The maximum absolute atomic E-state index is 12.7. The third-order valence-electron chi connectivity index (χ3n) is 6.65. The SMILES string of the molecule is CC(C)(C)c1ccc(C(=O)OC[C@@H](CO)CO[Si](c2ccccc2)(c2ccccc2)C(C)(C)C)cc1. The van der Waals surface area contributed by atoms with E-state index in [4.69, 9.17) is 9.16 Å². The molecule has 0 aliphatic rings. The molecule has 0 unspecified atom stereocenters. The molecule has 0 aliphatic heterocycles. The van der Waals surface area contributed by atoms with E-state index in [2.05, 4.69) is 65.8 Å². The zero-order chi connectivity index (χ0) is 26.4. The molecule has 1 N–H and O–H groups in total. The fourth-order valence-corrected chi connectivity index (χ4v) is 9.18. The summed E-state index contributed by atoms with van der Waals surface area (Å²) in [7, 11) is -2.72. The standard InChI is InChI=1S/C31H40O4Si/c1-30(2,3)26-19-17-25(18-20-26)29(33)34-22-24(21-32)23-35-36(31(4,5)6,27-13-9-7-10-14-27)28-15-11-8-12-16-28/h7-20,24,32H,21-23H2,1-6H3/t24-/m1/s1. The van der Waals surface area contributed by atoms with E-state index in [1.807, 2.05) is 48.5 Å². The molecule has 0 heterocycles. The van der Waals surface area contributed by atoms with Crippen LogP contribution in [-0.2, 0) is 14.6 Å². The van der Waals surface area contributed by atoms with Gasteiger partial charge < -0.3 is 14.3 Å². The van der Waals surface area contributed by atoms with Crippen molar-refractivity contribution < 1.29 is 19.1 Å². The lowest BCUT2D eigenvalue weighted by Gasteiger charge is -2.43. The number of esters is 1. The van der Waals surface area contributed by atoms with Crippen LogP contribution in [0.3, 0.4) is 0 Å². The number of carbonyl (C=O) groups excluding carboxylic acids is 1. The Morgan fingerprint density at radius 1 is 0.778 bits per heavy atom. The number of rotatable bonds is 9. The molecule has 36 heavy (non-hydrogen) atoms. The Labute approximate surface area is 217 Å². The predicted molar refractivity (Wildman–Crippen MR) is 150 cm³/mol. The van der Waals surface area contributed by atoms with E-state index < -0.39 is 8.32 Å². The van der Waals surface area contributed by atoms with Crippen molar-refractivity contribution in [3.63, 3.8) is 0 Å². The first-order valence-electron chi connectivity index (χ1n) is 12.6. The number of hydrogen-bond acceptors (Lipinski definition) is 4. The molecular formula is C31H40O4Si. The van der Waals surface area contributed by atoms with E-state index in [1.54, 1.807) is 12.1 Å².